The first-order valence-electron chi connectivity index (χ1n) is 4.59. The molecule has 1 rings (SSSR count). The zero-order chi connectivity index (χ0) is 9.84. The lowest BCUT2D eigenvalue weighted by atomic mass is 10.2. The monoisotopic (exact) mass is 241 g/mol. The fourth-order valence-corrected chi connectivity index (χ4v) is 1.46. The van der Waals surface area contributed by atoms with Gasteiger partial charge >= 0.3 is 0 Å². The number of hydrogen-bond acceptors (Lipinski definition) is 1. The molecule has 1 aromatic carbocycles. The number of nitrogens with one attached hydrogen (secondary N) is 1. The lowest BCUT2D eigenvalue weighted by molar-refractivity contribution is 0.688. The van der Waals surface area contributed by atoms with Crippen LogP contribution in [0.5, 0.6) is 0 Å². The average Bonchev–Trinajstić information content (AvgIpc) is 2.06. The summed E-state index contributed by atoms with van der Waals surface area (Å²) in [6.07, 6.45) is 0. The second kappa shape index (κ2) is 4.66. The standard InChI is InChI=1S/C11H16BrN/c1-8(2)7-13-11-6-10(12)5-4-9(11)3/h4-6,8,13H,7H2,1-3H3. The Labute approximate surface area is 88.7 Å². The fraction of sp³-hybridized carbons (Fsp3) is 0.455. The Morgan fingerprint density at radius 1 is 1.38 bits per heavy atom. The van der Waals surface area contributed by atoms with Crippen molar-refractivity contribution in [3.8, 4) is 0 Å². The van der Waals surface area contributed by atoms with Crippen LogP contribution in [0, 0.1) is 12.8 Å². The number of benzene rings is 1. The largest absolute Gasteiger partial charge is 0.385 e. The van der Waals surface area contributed by atoms with Crippen LogP contribution in [0.15, 0.2) is 22.7 Å². The highest BCUT2D eigenvalue weighted by Crippen LogP contribution is 2.20. The highest BCUT2D eigenvalue weighted by atomic mass is 79.9. The molecular formula is C11H16BrN. The van der Waals surface area contributed by atoms with E-state index in [1.54, 1.807) is 0 Å². The minimum absolute atomic E-state index is 0.679. The van der Waals surface area contributed by atoms with Gasteiger partial charge in [0.2, 0.25) is 0 Å². The van der Waals surface area contributed by atoms with E-state index >= 15 is 0 Å². The van der Waals surface area contributed by atoms with Gasteiger partial charge in [0.1, 0.15) is 0 Å². The smallest absolute Gasteiger partial charge is 0.0381 e. The van der Waals surface area contributed by atoms with Crippen LogP contribution in [-0.4, -0.2) is 6.54 Å². The maximum Gasteiger partial charge on any atom is 0.0381 e. The molecule has 13 heavy (non-hydrogen) atoms. The lowest BCUT2D eigenvalue weighted by Gasteiger charge is -2.11. The second-order valence-corrected chi connectivity index (χ2v) is 4.65. The predicted molar refractivity (Wildman–Crippen MR) is 62.2 cm³/mol. The van der Waals surface area contributed by atoms with Crippen molar-refractivity contribution in [1.82, 2.24) is 0 Å². The third-order valence-corrected chi connectivity index (χ3v) is 2.39. The molecule has 2 heteroatoms. The Kier molecular flexibility index (Phi) is 3.79. The molecule has 1 nitrogen and oxygen atoms in total. The molecule has 0 aliphatic carbocycles. The van der Waals surface area contributed by atoms with E-state index in [1.165, 1.54) is 11.3 Å². The number of hydrogen-bond donors (Lipinski definition) is 1. The quantitative estimate of drug-likeness (QED) is 0.849. The van der Waals surface area contributed by atoms with Gasteiger partial charge in [0, 0.05) is 16.7 Å². The average molecular weight is 242 g/mol. The van der Waals surface area contributed by atoms with Gasteiger partial charge in [-0.25, -0.2) is 0 Å². The number of rotatable bonds is 3. The van der Waals surface area contributed by atoms with Gasteiger partial charge < -0.3 is 5.32 Å². The van der Waals surface area contributed by atoms with Gasteiger partial charge in [-0.15, -0.1) is 0 Å². The van der Waals surface area contributed by atoms with Gasteiger partial charge in [0.05, 0.1) is 0 Å². The molecule has 1 aromatic rings. The van der Waals surface area contributed by atoms with E-state index in [1.807, 2.05) is 0 Å². The van der Waals surface area contributed by atoms with Crippen molar-refractivity contribution in [2.75, 3.05) is 11.9 Å². The zero-order valence-corrected chi connectivity index (χ0v) is 9.98. The van der Waals surface area contributed by atoms with Crippen molar-refractivity contribution in [3.05, 3.63) is 28.2 Å². The number of anilines is 1. The number of aryl methyl sites for hydroxylation is 1. The summed E-state index contributed by atoms with van der Waals surface area (Å²) in [5.74, 6) is 0.679. The molecular weight excluding hydrogens is 226 g/mol. The summed E-state index contributed by atoms with van der Waals surface area (Å²) >= 11 is 3.46. The summed E-state index contributed by atoms with van der Waals surface area (Å²) < 4.78 is 1.13. The summed E-state index contributed by atoms with van der Waals surface area (Å²) in [6.45, 7) is 7.56. The van der Waals surface area contributed by atoms with Gasteiger partial charge in [-0.1, -0.05) is 35.8 Å². The van der Waals surface area contributed by atoms with Crippen molar-refractivity contribution in [3.63, 3.8) is 0 Å². The Bertz CT molecular complexity index is 281. The first-order valence-corrected chi connectivity index (χ1v) is 5.39. The fourth-order valence-electron chi connectivity index (χ4n) is 1.10. The van der Waals surface area contributed by atoms with Crippen LogP contribution in [0.2, 0.25) is 0 Å². The zero-order valence-electron chi connectivity index (χ0n) is 8.39. The Morgan fingerprint density at radius 3 is 2.69 bits per heavy atom. The second-order valence-electron chi connectivity index (χ2n) is 3.73. The maximum atomic E-state index is 3.46. The SMILES string of the molecule is Cc1ccc(Br)cc1NCC(C)C. The van der Waals surface area contributed by atoms with Crippen molar-refractivity contribution in [2.24, 2.45) is 5.92 Å². The molecule has 0 radical (unpaired) electrons. The first-order chi connectivity index (χ1) is 6.09. The van der Waals surface area contributed by atoms with Crippen LogP contribution in [0.25, 0.3) is 0 Å². The molecule has 0 saturated carbocycles. The van der Waals surface area contributed by atoms with E-state index in [9.17, 15) is 0 Å². The molecule has 0 heterocycles. The van der Waals surface area contributed by atoms with Crippen molar-refractivity contribution < 1.29 is 0 Å². The molecule has 72 valence electrons. The minimum Gasteiger partial charge on any atom is -0.385 e. The van der Waals surface area contributed by atoms with E-state index in [0.717, 1.165) is 11.0 Å². The topological polar surface area (TPSA) is 12.0 Å². The highest BCUT2D eigenvalue weighted by Gasteiger charge is 1.99. The third-order valence-electron chi connectivity index (χ3n) is 1.90. The van der Waals surface area contributed by atoms with E-state index in [0.29, 0.717) is 5.92 Å². The van der Waals surface area contributed by atoms with Gasteiger partial charge in [0.25, 0.3) is 0 Å². The maximum absolute atomic E-state index is 3.46. The van der Waals surface area contributed by atoms with Gasteiger partial charge in [-0.3, -0.25) is 0 Å². The molecule has 0 unspecified atom stereocenters. The van der Waals surface area contributed by atoms with Crippen LogP contribution in [0.4, 0.5) is 5.69 Å². The van der Waals surface area contributed by atoms with Gasteiger partial charge in [0.15, 0.2) is 0 Å². The first kappa shape index (κ1) is 10.6. The minimum atomic E-state index is 0.679. The molecule has 0 atom stereocenters. The summed E-state index contributed by atoms with van der Waals surface area (Å²) in [5, 5.41) is 3.42. The summed E-state index contributed by atoms with van der Waals surface area (Å²) in [7, 11) is 0. The van der Waals surface area contributed by atoms with Crippen LogP contribution >= 0.6 is 15.9 Å². The molecule has 0 bridgehead atoms. The molecule has 0 amide bonds. The summed E-state index contributed by atoms with van der Waals surface area (Å²) in [4.78, 5) is 0. The van der Waals surface area contributed by atoms with Gasteiger partial charge in [-0.2, -0.15) is 0 Å². The summed E-state index contributed by atoms with van der Waals surface area (Å²) in [6, 6.07) is 6.31. The van der Waals surface area contributed by atoms with Crippen LogP contribution in [-0.2, 0) is 0 Å². The molecule has 1 N–H and O–H groups in total. The van der Waals surface area contributed by atoms with Crippen molar-refractivity contribution in [2.45, 2.75) is 20.8 Å². The van der Waals surface area contributed by atoms with E-state index in [2.05, 4.69) is 60.2 Å². The molecule has 0 aromatic heterocycles. The molecule has 0 aliphatic heterocycles. The van der Waals surface area contributed by atoms with Gasteiger partial charge in [-0.05, 0) is 30.5 Å². The molecule has 0 spiro atoms. The predicted octanol–water partition coefficient (Wildman–Crippen LogP) is 3.83. The molecule has 0 fully saturated rings. The Hall–Kier alpha value is -0.500. The Balaban J connectivity index is 2.70. The lowest BCUT2D eigenvalue weighted by Crippen LogP contribution is -2.08. The number of halogens is 1. The van der Waals surface area contributed by atoms with Crippen LogP contribution in [0.1, 0.15) is 19.4 Å². The van der Waals surface area contributed by atoms with Crippen molar-refractivity contribution >= 4 is 21.6 Å². The highest BCUT2D eigenvalue weighted by molar-refractivity contribution is 9.10. The summed E-state index contributed by atoms with van der Waals surface area (Å²) in [5.41, 5.74) is 2.52. The van der Waals surface area contributed by atoms with Crippen LogP contribution < -0.4 is 5.32 Å². The van der Waals surface area contributed by atoms with E-state index in [4.69, 9.17) is 0 Å². The van der Waals surface area contributed by atoms with E-state index in [-0.39, 0.29) is 0 Å². The molecule has 0 saturated heterocycles. The van der Waals surface area contributed by atoms with E-state index < -0.39 is 0 Å². The van der Waals surface area contributed by atoms with Crippen molar-refractivity contribution in [1.29, 1.82) is 0 Å². The third kappa shape index (κ3) is 3.39. The van der Waals surface area contributed by atoms with Crippen LogP contribution in [0.3, 0.4) is 0 Å². The molecule has 0 aliphatic rings. The normalized spacial score (nSPS) is 10.5. The Morgan fingerprint density at radius 2 is 2.08 bits per heavy atom.